The molecule has 0 aliphatic rings. The molecule has 0 radical (unpaired) electrons. The Morgan fingerprint density at radius 2 is 1.96 bits per heavy atom. The summed E-state index contributed by atoms with van der Waals surface area (Å²) >= 11 is 2.01. The van der Waals surface area contributed by atoms with Gasteiger partial charge in [0.1, 0.15) is 10.8 Å². The fourth-order valence-electron chi connectivity index (χ4n) is 2.26. The SMILES string of the molecule is COC(=O)Cn1/c(=N/S(=O)(=O)c2cccs2)sc2cc(S(C)(=O)=O)ccc21. The quantitative estimate of drug-likeness (QED) is 0.551. The number of benzene rings is 1. The predicted octanol–water partition coefficient (Wildman–Crippen LogP) is 1.63. The van der Waals surface area contributed by atoms with E-state index >= 15 is 0 Å². The second-order valence-electron chi connectivity index (χ2n) is 5.45. The van der Waals surface area contributed by atoms with Crippen molar-refractivity contribution in [1.29, 1.82) is 0 Å². The normalized spacial score (nSPS) is 13.2. The number of carbonyl (C=O) groups is 1. The van der Waals surface area contributed by atoms with Crippen LogP contribution in [0.1, 0.15) is 0 Å². The van der Waals surface area contributed by atoms with Crippen molar-refractivity contribution >= 4 is 58.7 Å². The van der Waals surface area contributed by atoms with Crippen molar-refractivity contribution in [1.82, 2.24) is 4.57 Å². The topological polar surface area (TPSA) is 112 Å². The number of sulfone groups is 1. The molecule has 27 heavy (non-hydrogen) atoms. The zero-order valence-electron chi connectivity index (χ0n) is 14.1. The molecule has 2 aromatic heterocycles. The molecular weight excluding hydrogens is 432 g/mol. The van der Waals surface area contributed by atoms with Crippen molar-refractivity contribution in [2.45, 2.75) is 15.6 Å². The Morgan fingerprint density at radius 1 is 1.22 bits per heavy atom. The van der Waals surface area contributed by atoms with Crippen molar-refractivity contribution in [3.63, 3.8) is 0 Å². The molecule has 0 aliphatic carbocycles. The number of fused-ring (bicyclic) bond motifs is 1. The lowest BCUT2D eigenvalue weighted by Gasteiger charge is -2.04. The third-order valence-electron chi connectivity index (χ3n) is 3.54. The standard InChI is InChI=1S/C15H14N2O6S4/c1-23-13(18)9-17-11-6-5-10(26(2,19)20)8-12(11)25-15(17)16-27(21,22)14-4-3-7-24-14/h3-8H,9H2,1-2H3/b16-15-. The van der Waals surface area contributed by atoms with E-state index in [0.29, 0.717) is 10.2 Å². The molecular formula is C15H14N2O6S4. The molecule has 0 unspecified atom stereocenters. The van der Waals surface area contributed by atoms with Gasteiger partial charge in [-0.2, -0.15) is 8.42 Å². The number of hydrogen-bond donors (Lipinski definition) is 0. The molecule has 8 nitrogen and oxygen atoms in total. The summed E-state index contributed by atoms with van der Waals surface area (Å²) in [6.45, 7) is -0.256. The van der Waals surface area contributed by atoms with E-state index in [-0.39, 0.29) is 20.5 Å². The summed E-state index contributed by atoms with van der Waals surface area (Å²) in [5, 5.41) is 1.62. The van der Waals surface area contributed by atoms with Crippen molar-refractivity contribution in [2.75, 3.05) is 13.4 Å². The lowest BCUT2D eigenvalue weighted by Crippen LogP contribution is -2.22. The van der Waals surface area contributed by atoms with Gasteiger partial charge in [0.15, 0.2) is 9.84 Å². The maximum Gasteiger partial charge on any atom is 0.325 e. The van der Waals surface area contributed by atoms with Gasteiger partial charge in [0.25, 0.3) is 10.0 Å². The number of sulfonamides is 1. The zero-order valence-corrected chi connectivity index (χ0v) is 17.4. The molecule has 3 aromatic rings. The fourth-order valence-corrected chi connectivity index (χ4v) is 6.22. The number of hydrogen-bond acceptors (Lipinski definition) is 8. The Kier molecular flexibility index (Phi) is 5.25. The molecule has 0 saturated carbocycles. The second-order valence-corrected chi connectivity index (χ2v) is 11.3. The summed E-state index contributed by atoms with van der Waals surface area (Å²) in [6.07, 6.45) is 1.08. The second kappa shape index (κ2) is 7.19. The number of rotatable bonds is 5. The number of ether oxygens (including phenoxy) is 1. The molecule has 1 aromatic carbocycles. The lowest BCUT2D eigenvalue weighted by atomic mass is 10.3. The summed E-state index contributed by atoms with van der Waals surface area (Å²) in [4.78, 5) is 11.9. The van der Waals surface area contributed by atoms with Gasteiger partial charge in [-0.3, -0.25) is 4.79 Å². The summed E-state index contributed by atoms with van der Waals surface area (Å²) in [5.74, 6) is -0.586. The molecule has 0 fully saturated rings. The summed E-state index contributed by atoms with van der Waals surface area (Å²) in [7, 11) is -6.18. The average Bonchev–Trinajstić information content (AvgIpc) is 3.22. The number of thiazole rings is 1. The van der Waals surface area contributed by atoms with Gasteiger partial charge in [0.05, 0.1) is 22.2 Å². The Hall–Kier alpha value is -2.02. The van der Waals surface area contributed by atoms with Crippen LogP contribution in [0.15, 0.2) is 49.2 Å². The van der Waals surface area contributed by atoms with Gasteiger partial charge < -0.3 is 9.30 Å². The monoisotopic (exact) mass is 446 g/mol. The third kappa shape index (κ3) is 4.13. The maximum atomic E-state index is 12.5. The van der Waals surface area contributed by atoms with Crippen molar-refractivity contribution in [3.05, 3.63) is 40.5 Å². The number of methoxy groups -OCH3 is 1. The molecule has 0 atom stereocenters. The first-order valence-electron chi connectivity index (χ1n) is 7.36. The van der Waals surface area contributed by atoms with Crippen LogP contribution >= 0.6 is 22.7 Å². The van der Waals surface area contributed by atoms with E-state index in [4.69, 9.17) is 0 Å². The van der Waals surface area contributed by atoms with Gasteiger partial charge in [-0.1, -0.05) is 17.4 Å². The minimum absolute atomic E-state index is 0.0504. The number of carbonyl (C=O) groups excluding carboxylic acids is 1. The van der Waals surface area contributed by atoms with Crippen molar-refractivity contribution in [3.8, 4) is 0 Å². The van der Waals surface area contributed by atoms with Crippen LogP contribution in [0, 0.1) is 0 Å². The first-order chi connectivity index (χ1) is 12.6. The van der Waals surface area contributed by atoms with Gasteiger partial charge in [-0.15, -0.1) is 15.7 Å². The average molecular weight is 447 g/mol. The molecule has 144 valence electrons. The van der Waals surface area contributed by atoms with Crippen molar-refractivity contribution < 1.29 is 26.4 Å². The van der Waals surface area contributed by atoms with Gasteiger partial charge in [-0.25, -0.2) is 8.42 Å². The van der Waals surface area contributed by atoms with Crippen LogP contribution in [0.4, 0.5) is 0 Å². The molecule has 0 spiro atoms. The van der Waals surface area contributed by atoms with Crippen LogP contribution < -0.4 is 4.80 Å². The Balaban J connectivity index is 2.28. The largest absolute Gasteiger partial charge is 0.468 e. The Bertz CT molecular complexity index is 1280. The highest BCUT2D eigenvalue weighted by Gasteiger charge is 2.18. The summed E-state index contributed by atoms with van der Waals surface area (Å²) < 4.78 is 59.0. The highest BCUT2D eigenvalue weighted by molar-refractivity contribution is 7.92. The lowest BCUT2D eigenvalue weighted by molar-refractivity contribution is -0.141. The Labute approximate surface area is 163 Å². The third-order valence-corrected chi connectivity index (χ3v) is 8.45. The summed E-state index contributed by atoms with van der Waals surface area (Å²) in [5.41, 5.74) is 0.484. The van der Waals surface area contributed by atoms with E-state index in [1.165, 1.54) is 35.9 Å². The fraction of sp³-hybridized carbons (Fsp3) is 0.200. The van der Waals surface area contributed by atoms with E-state index in [1.807, 2.05) is 0 Å². The number of aromatic nitrogens is 1. The van der Waals surface area contributed by atoms with Crippen LogP contribution in [0.25, 0.3) is 10.2 Å². The smallest absolute Gasteiger partial charge is 0.325 e. The van der Waals surface area contributed by atoms with Crippen LogP contribution in [-0.2, 0) is 35.9 Å². The van der Waals surface area contributed by atoms with Crippen LogP contribution in [-0.4, -0.2) is 40.7 Å². The Morgan fingerprint density at radius 3 is 2.56 bits per heavy atom. The number of esters is 1. The molecule has 0 N–H and O–H groups in total. The molecule has 0 saturated heterocycles. The highest BCUT2D eigenvalue weighted by atomic mass is 32.2. The van der Waals surface area contributed by atoms with Gasteiger partial charge in [0, 0.05) is 6.26 Å². The van der Waals surface area contributed by atoms with Gasteiger partial charge >= 0.3 is 5.97 Å². The van der Waals surface area contributed by atoms with Crippen molar-refractivity contribution in [2.24, 2.45) is 4.40 Å². The van der Waals surface area contributed by atoms with E-state index in [0.717, 1.165) is 28.9 Å². The number of nitrogens with zero attached hydrogens (tertiary/aromatic N) is 2. The van der Waals surface area contributed by atoms with Crippen LogP contribution in [0.5, 0.6) is 0 Å². The van der Waals surface area contributed by atoms with Gasteiger partial charge in [-0.05, 0) is 29.6 Å². The van der Waals surface area contributed by atoms with Gasteiger partial charge in [0.2, 0.25) is 4.80 Å². The minimum atomic E-state index is -3.96. The maximum absolute atomic E-state index is 12.5. The molecule has 3 rings (SSSR count). The minimum Gasteiger partial charge on any atom is -0.468 e. The summed E-state index contributed by atoms with van der Waals surface area (Å²) in [6, 6.07) is 7.37. The van der Waals surface area contributed by atoms with Crippen LogP contribution in [0.2, 0.25) is 0 Å². The number of thiophene rings is 1. The predicted molar refractivity (Wildman–Crippen MR) is 102 cm³/mol. The molecule has 0 amide bonds. The first kappa shape index (κ1) is 19.7. The molecule has 2 heterocycles. The zero-order chi connectivity index (χ0) is 19.8. The molecule has 0 aliphatic heterocycles. The highest BCUT2D eigenvalue weighted by Crippen LogP contribution is 2.23. The van der Waals surface area contributed by atoms with E-state index in [2.05, 4.69) is 9.13 Å². The van der Waals surface area contributed by atoms with E-state index in [1.54, 1.807) is 11.4 Å². The van der Waals surface area contributed by atoms with Crippen LogP contribution in [0.3, 0.4) is 0 Å². The van der Waals surface area contributed by atoms with E-state index < -0.39 is 25.8 Å². The first-order valence-corrected chi connectivity index (χ1v) is 12.4. The van der Waals surface area contributed by atoms with E-state index in [9.17, 15) is 21.6 Å². The molecule has 0 bridgehead atoms. The molecule has 12 heteroatoms.